The van der Waals surface area contributed by atoms with Crippen molar-refractivity contribution >= 4 is 73.2 Å². The largest absolute Gasteiger partial charge is 0.421 e. The molecule has 386 valence electrons. The van der Waals surface area contributed by atoms with E-state index in [-0.39, 0.29) is 78.7 Å². The number of nitro groups is 3. The van der Waals surface area contributed by atoms with Crippen molar-refractivity contribution in [1.29, 1.82) is 0 Å². The van der Waals surface area contributed by atoms with E-state index in [0.29, 0.717) is 19.2 Å². The number of hydrogen-bond donors (Lipinski definition) is 7. The summed E-state index contributed by atoms with van der Waals surface area (Å²) in [4.78, 5) is 117. The van der Waals surface area contributed by atoms with Crippen LogP contribution in [-0.2, 0) is 12.1 Å². The predicted molar refractivity (Wildman–Crippen MR) is 266 cm³/mol. The second kappa shape index (κ2) is 23.1. The van der Waals surface area contributed by atoms with E-state index in [0.717, 1.165) is 43.3 Å². The molecular formula is C49H41F3N10O13. The van der Waals surface area contributed by atoms with Crippen LogP contribution < -0.4 is 32.2 Å². The molecule has 8 aromatic rings. The lowest BCUT2D eigenvalue weighted by Gasteiger charge is -2.26. The molecule has 0 aliphatic carbocycles. The number of fused-ring (bicyclic) bond motifs is 3. The minimum absolute atomic E-state index is 0.0391. The first-order chi connectivity index (χ1) is 35.6. The summed E-state index contributed by atoms with van der Waals surface area (Å²) < 4.78 is 38.7. The molecule has 0 spiro atoms. The van der Waals surface area contributed by atoms with Gasteiger partial charge < -0.3 is 36.0 Å². The Balaban J connectivity index is 0.000000186. The normalized spacial score (nSPS) is 11.8. The van der Waals surface area contributed by atoms with Crippen LogP contribution in [0.1, 0.15) is 69.0 Å². The lowest BCUT2D eigenvalue weighted by molar-refractivity contribution is -0.383. The number of non-ortho nitro benzene ring substituents is 3. The number of alkyl halides is 3. The number of unbranched alkanes of at least 4 members (excludes halogenated alkanes) is 1. The van der Waals surface area contributed by atoms with Crippen LogP contribution in [0.5, 0.6) is 0 Å². The smallest absolute Gasteiger partial charge is 0.376 e. The lowest BCUT2D eigenvalue weighted by Crippen LogP contribution is -2.39. The van der Waals surface area contributed by atoms with E-state index in [2.05, 4.69) is 35.9 Å². The number of carbonyl (C=O) groups is 3. The molecule has 8 rings (SSSR count). The third kappa shape index (κ3) is 12.2. The van der Waals surface area contributed by atoms with Gasteiger partial charge in [-0.05, 0) is 61.4 Å². The standard InChI is InChI=1S/C19H14F3N3O5.C16H12N4O4.C14H15N3O4/c1-18(28,19(20,21)22)10-5-7-11(8-6-10)24-17(27)13-9-23-15-12(16(13)26)3-2-4-14(15)25(29)30;21-15-11-5-3-6-13(20(23)24)14(11)18-9-12(15)16(22)19-8-10-4-1-2-7-17-10;1-2-3-7-15-14(19)10-8-16-12-9(13(10)18)5-4-6-11(12)17(20)21/h2-9,28H,1H3,(H,23,26)(H,24,27);1-7,9H,8H2,(H,18,21)(H,19,22);4-6,8H,2-3,7H2,1H3,(H,15,19)(H,16,18). The SMILES string of the molecule is CC(O)(c1ccc(NC(=O)c2c[nH]c3c([N+](=O)[O-])cccc3c2=O)cc1)C(F)(F)F.CCCCNC(=O)c1c[nH]c2c([N+](=O)[O-])cccc2c1=O.O=C(NCc1ccccn1)c1c[nH]c2c([N+](=O)[O-])cccc2c1=O. The van der Waals surface area contributed by atoms with Crippen molar-refractivity contribution in [3.63, 3.8) is 0 Å². The quantitative estimate of drug-likeness (QED) is 0.0342. The van der Waals surface area contributed by atoms with Gasteiger partial charge in [0.25, 0.3) is 34.8 Å². The Bertz CT molecular complexity index is 3700. The minimum atomic E-state index is -4.89. The summed E-state index contributed by atoms with van der Waals surface area (Å²) in [5.74, 6) is -1.91. The molecule has 0 radical (unpaired) electrons. The molecule has 26 heteroatoms. The van der Waals surface area contributed by atoms with Crippen molar-refractivity contribution in [3.8, 4) is 0 Å². The molecule has 0 aliphatic rings. The molecule has 75 heavy (non-hydrogen) atoms. The maximum atomic E-state index is 12.9. The summed E-state index contributed by atoms with van der Waals surface area (Å²) in [6, 6.07) is 21.7. The van der Waals surface area contributed by atoms with E-state index >= 15 is 0 Å². The van der Waals surface area contributed by atoms with Gasteiger partial charge in [-0.1, -0.05) is 49.7 Å². The molecule has 4 heterocycles. The average Bonchev–Trinajstić information content (AvgIpc) is 3.38. The Labute approximate surface area is 417 Å². The number of benzene rings is 4. The number of para-hydroxylation sites is 3. The highest BCUT2D eigenvalue weighted by Crippen LogP contribution is 2.38. The lowest BCUT2D eigenvalue weighted by atomic mass is 9.95. The van der Waals surface area contributed by atoms with Gasteiger partial charge in [-0.25, -0.2) is 0 Å². The molecule has 4 aromatic carbocycles. The molecular weight excluding hydrogens is 994 g/mol. The maximum absolute atomic E-state index is 12.9. The van der Waals surface area contributed by atoms with Crippen molar-refractivity contribution in [3.05, 3.63) is 211 Å². The van der Waals surface area contributed by atoms with E-state index < -0.39 is 66.1 Å². The first-order valence-corrected chi connectivity index (χ1v) is 22.1. The topological polar surface area (TPSA) is 348 Å². The van der Waals surface area contributed by atoms with Gasteiger partial charge in [0.05, 0.1) is 43.2 Å². The zero-order valence-electron chi connectivity index (χ0n) is 39.1. The molecule has 0 saturated heterocycles. The van der Waals surface area contributed by atoms with Crippen LogP contribution in [0.25, 0.3) is 32.7 Å². The second-order valence-electron chi connectivity index (χ2n) is 16.2. The van der Waals surface area contributed by atoms with Gasteiger partial charge in [0.2, 0.25) is 16.3 Å². The molecule has 0 fully saturated rings. The van der Waals surface area contributed by atoms with Crippen molar-refractivity contribution in [2.45, 2.75) is 45.0 Å². The zero-order valence-corrected chi connectivity index (χ0v) is 39.1. The third-order valence-corrected chi connectivity index (χ3v) is 11.2. The number of rotatable bonds is 13. The Morgan fingerprint density at radius 2 is 1.04 bits per heavy atom. The van der Waals surface area contributed by atoms with Gasteiger partial charge in [0, 0.05) is 55.2 Å². The van der Waals surface area contributed by atoms with Gasteiger partial charge in [-0.2, -0.15) is 13.2 Å². The number of nitrogens with one attached hydrogen (secondary N) is 6. The first-order valence-electron chi connectivity index (χ1n) is 22.1. The number of nitro benzene ring substituents is 3. The van der Waals surface area contributed by atoms with Crippen molar-refractivity contribution < 1.29 is 47.4 Å². The van der Waals surface area contributed by atoms with Crippen LogP contribution in [0.2, 0.25) is 0 Å². The van der Waals surface area contributed by atoms with E-state index in [4.69, 9.17) is 0 Å². The van der Waals surface area contributed by atoms with Gasteiger partial charge in [0.15, 0.2) is 5.60 Å². The van der Waals surface area contributed by atoms with Crippen molar-refractivity contribution in [1.82, 2.24) is 30.6 Å². The monoisotopic (exact) mass is 1030 g/mol. The number of carbonyl (C=O) groups excluding carboxylic acids is 3. The summed E-state index contributed by atoms with van der Waals surface area (Å²) in [5.41, 5.74) is -5.64. The Hall–Kier alpha value is -9.98. The number of hydrogen-bond acceptors (Lipinski definition) is 14. The van der Waals surface area contributed by atoms with Crippen molar-refractivity contribution in [2.24, 2.45) is 0 Å². The Morgan fingerprint density at radius 3 is 1.43 bits per heavy atom. The third-order valence-electron chi connectivity index (χ3n) is 11.2. The van der Waals surface area contributed by atoms with Crippen LogP contribution in [0.3, 0.4) is 0 Å². The number of nitrogens with zero attached hydrogens (tertiary/aromatic N) is 4. The fraction of sp³-hybridized carbons (Fsp3) is 0.163. The van der Waals surface area contributed by atoms with E-state index in [1.807, 2.05) is 6.92 Å². The van der Waals surface area contributed by atoms with E-state index in [1.165, 1.54) is 67.0 Å². The summed E-state index contributed by atoms with van der Waals surface area (Å²) in [7, 11) is 0. The Kier molecular flexibility index (Phi) is 16.7. The molecule has 0 bridgehead atoms. The maximum Gasteiger partial charge on any atom is 0.421 e. The number of pyridine rings is 4. The fourth-order valence-corrected chi connectivity index (χ4v) is 7.15. The molecule has 0 aliphatic heterocycles. The number of aromatic amines is 3. The highest BCUT2D eigenvalue weighted by Gasteiger charge is 2.51. The van der Waals surface area contributed by atoms with Crippen LogP contribution in [0.15, 0.2) is 136 Å². The number of H-pyrrole nitrogens is 3. The number of amides is 3. The molecule has 7 N–H and O–H groups in total. The zero-order chi connectivity index (χ0) is 54.8. The molecule has 3 amide bonds. The highest BCUT2D eigenvalue weighted by molar-refractivity contribution is 6.06. The van der Waals surface area contributed by atoms with E-state index in [1.54, 1.807) is 24.4 Å². The van der Waals surface area contributed by atoms with Crippen LogP contribution in [0, 0.1) is 30.3 Å². The van der Waals surface area contributed by atoms with Crippen LogP contribution in [-0.4, -0.2) is 70.3 Å². The number of aliphatic hydroxyl groups is 1. The summed E-state index contributed by atoms with van der Waals surface area (Å²) in [6.45, 7) is 3.26. The van der Waals surface area contributed by atoms with Gasteiger partial charge in [-0.3, -0.25) is 64.1 Å². The average molecular weight is 1030 g/mol. The molecule has 23 nitrogen and oxygen atoms in total. The second-order valence-corrected chi connectivity index (χ2v) is 16.2. The Morgan fingerprint density at radius 1 is 0.613 bits per heavy atom. The van der Waals surface area contributed by atoms with E-state index in [9.17, 15) is 77.4 Å². The number of aromatic nitrogens is 4. The molecule has 1 unspecified atom stereocenters. The predicted octanol–water partition coefficient (Wildman–Crippen LogP) is 7.19. The highest BCUT2D eigenvalue weighted by atomic mass is 19.4. The summed E-state index contributed by atoms with van der Waals surface area (Å²) >= 11 is 0. The minimum Gasteiger partial charge on any atom is -0.376 e. The van der Waals surface area contributed by atoms with Crippen LogP contribution >= 0.6 is 0 Å². The number of anilines is 1. The van der Waals surface area contributed by atoms with Crippen molar-refractivity contribution in [2.75, 3.05) is 11.9 Å². The molecule has 1 atom stereocenters. The van der Waals surface area contributed by atoms with Gasteiger partial charge >= 0.3 is 6.18 Å². The molecule has 0 saturated carbocycles. The van der Waals surface area contributed by atoms with Gasteiger partial charge in [0.1, 0.15) is 33.2 Å². The number of halogens is 3. The van der Waals surface area contributed by atoms with Gasteiger partial charge in [-0.15, -0.1) is 0 Å². The van der Waals surface area contributed by atoms with Crippen LogP contribution in [0.4, 0.5) is 35.9 Å². The fourth-order valence-electron chi connectivity index (χ4n) is 7.15. The molecule has 4 aromatic heterocycles. The summed E-state index contributed by atoms with van der Waals surface area (Å²) in [5, 5.41) is 50.4. The first kappa shape index (κ1) is 54.4. The summed E-state index contributed by atoms with van der Waals surface area (Å²) in [6.07, 6.45) is 1.89.